The largest absolute Gasteiger partial charge is 0.294 e. The van der Waals surface area contributed by atoms with Crippen molar-refractivity contribution in [2.75, 3.05) is 0 Å². The number of aromatic nitrogens is 2. The van der Waals surface area contributed by atoms with Gasteiger partial charge in [-0.15, -0.1) is 0 Å². The summed E-state index contributed by atoms with van der Waals surface area (Å²) < 4.78 is 1.05. The third kappa shape index (κ3) is 2.39. The smallest absolute Gasteiger partial charge is 0.160 e. The maximum atomic E-state index is 13.1. The highest BCUT2D eigenvalue weighted by atomic mass is 79.9. The molecule has 24 heavy (non-hydrogen) atoms. The number of hydrogen-bond donors (Lipinski definition) is 1. The Hall–Kier alpha value is -1.68. The summed E-state index contributed by atoms with van der Waals surface area (Å²) in [6.07, 6.45) is 2.39. The molecular weight excluding hydrogens is 364 g/mol. The van der Waals surface area contributed by atoms with Crippen LogP contribution >= 0.6 is 15.9 Å². The minimum absolute atomic E-state index is 0.0123. The van der Waals surface area contributed by atoms with Crippen molar-refractivity contribution in [3.8, 4) is 0 Å². The highest BCUT2D eigenvalue weighted by Gasteiger charge is 2.42. The number of hydrogen-bond acceptors (Lipinski definition) is 2. The predicted molar refractivity (Wildman–Crippen MR) is 98.1 cm³/mol. The summed E-state index contributed by atoms with van der Waals surface area (Å²) in [5, 5.41) is 7.68. The molecule has 0 radical (unpaired) electrons. The molecule has 3 nitrogen and oxygen atoms in total. The molecule has 0 aliphatic heterocycles. The number of carbonyl (C=O) groups is 1. The Morgan fingerprint density at radius 3 is 2.75 bits per heavy atom. The normalized spacial score (nSPS) is 22.3. The van der Waals surface area contributed by atoms with Crippen LogP contribution in [0.5, 0.6) is 0 Å². The number of Topliss-reactive ketones (excluding diaryl/α,β-unsaturated/α-hetero) is 1. The summed E-state index contributed by atoms with van der Waals surface area (Å²) in [5.74, 6) is 0.287. The summed E-state index contributed by atoms with van der Waals surface area (Å²) in [7, 11) is 0. The Balaban J connectivity index is 1.97. The highest BCUT2D eigenvalue weighted by molar-refractivity contribution is 9.10. The van der Waals surface area contributed by atoms with Gasteiger partial charge in [0.05, 0.1) is 5.69 Å². The number of allylic oxidation sites excluding steroid dienone is 2. The fraction of sp³-hybridized carbons (Fsp3) is 0.400. The van der Waals surface area contributed by atoms with Gasteiger partial charge in [-0.25, -0.2) is 0 Å². The maximum absolute atomic E-state index is 13.1. The quantitative estimate of drug-likeness (QED) is 0.763. The van der Waals surface area contributed by atoms with Gasteiger partial charge in [0.2, 0.25) is 0 Å². The number of benzene rings is 1. The van der Waals surface area contributed by atoms with Gasteiger partial charge in [-0.05, 0) is 30.4 Å². The van der Waals surface area contributed by atoms with Crippen LogP contribution in [-0.4, -0.2) is 16.0 Å². The molecule has 1 aromatic carbocycles. The summed E-state index contributed by atoms with van der Waals surface area (Å²) in [4.78, 5) is 13.1. The first-order valence-corrected chi connectivity index (χ1v) is 9.20. The van der Waals surface area contributed by atoms with Crippen LogP contribution in [-0.2, 0) is 11.2 Å². The van der Waals surface area contributed by atoms with E-state index in [1.165, 1.54) is 11.1 Å². The van der Waals surface area contributed by atoms with Gasteiger partial charge in [0, 0.05) is 40.1 Å². The monoisotopic (exact) mass is 384 g/mol. The summed E-state index contributed by atoms with van der Waals surface area (Å²) >= 11 is 3.69. The number of halogens is 1. The third-order valence-corrected chi connectivity index (χ3v) is 5.98. The molecule has 0 saturated heterocycles. The van der Waals surface area contributed by atoms with Gasteiger partial charge >= 0.3 is 0 Å². The minimum Gasteiger partial charge on any atom is -0.294 e. The lowest BCUT2D eigenvalue weighted by molar-refractivity contribution is -0.118. The Bertz CT molecular complexity index is 876. The lowest BCUT2D eigenvalue weighted by atomic mass is 9.65. The summed E-state index contributed by atoms with van der Waals surface area (Å²) in [6.45, 7) is 6.43. The van der Waals surface area contributed by atoms with Crippen molar-refractivity contribution in [3.05, 3.63) is 62.4 Å². The number of rotatable bonds is 1. The zero-order valence-electron chi connectivity index (χ0n) is 14.2. The van der Waals surface area contributed by atoms with Crippen LogP contribution in [0.15, 0.2) is 39.9 Å². The minimum atomic E-state index is -0.0123. The molecule has 4 heteroatoms. The molecule has 1 atom stereocenters. The van der Waals surface area contributed by atoms with Crippen molar-refractivity contribution in [2.45, 2.75) is 46.0 Å². The molecule has 4 rings (SSSR count). The van der Waals surface area contributed by atoms with Crippen LogP contribution in [0.25, 0.3) is 0 Å². The zero-order chi connectivity index (χ0) is 17.1. The molecule has 2 aromatic rings. The van der Waals surface area contributed by atoms with Crippen molar-refractivity contribution in [2.24, 2.45) is 5.41 Å². The SMILES string of the molecule is Cc1[nH]nc2c1[C@@H](c1ccccc1Br)C1=C(C2)CC(C)(C)CC1=O. The fourth-order valence-corrected chi connectivity index (χ4v) is 4.87. The molecule has 0 saturated carbocycles. The van der Waals surface area contributed by atoms with E-state index in [2.05, 4.69) is 59.0 Å². The molecule has 0 fully saturated rings. The third-order valence-electron chi connectivity index (χ3n) is 5.26. The molecule has 2 aliphatic carbocycles. The molecule has 2 aliphatic rings. The molecule has 0 spiro atoms. The highest BCUT2D eigenvalue weighted by Crippen LogP contribution is 2.50. The molecule has 1 N–H and O–H groups in total. The standard InChI is InChI=1S/C20H21BrN2O/c1-11-17-15(23-22-11)8-12-9-20(2,3)10-16(24)18(12)19(17)13-6-4-5-7-14(13)21/h4-7,19H,8-10H2,1-3H3,(H,22,23)/t19-/m1/s1. The molecule has 1 heterocycles. The Morgan fingerprint density at radius 1 is 1.25 bits per heavy atom. The van der Waals surface area contributed by atoms with E-state index in [4.69, 9.17) is 0 Å². The molecule has 124 valence electrons. The van der Waals surface area contributed by atoms with Crippen molar-refractivity contribution in [1.82, 2.24) is 10.2 Å². The molecule has 1 aromatic heterocycles. The first kappa shape index (κ1) is 15.8. The van der Waals surface area contributed by atoms with Gasteiger partial charge in [0.15, 0.2) is 5.78 Å². The van der Waals surface area contributed by atoms with Crippen molar-refractivity contribution in [1.29, 1.82) is 0 Å². The van der Waals surface area contributed by atoms with E-state index >= 15 is 0 Å². The Kier molecular flexibility index (Phi) is 3.57. The molecule has 0 bridgehead atoms. The van der Waals surface area contributed by atoms with Crippen molar-refractivity contribution in [3.63, 3.8) is 0 Å². The van der Waals surface area contributed by atoms with Crippen LogP contribution in [0.3, 0.4) is 0 Å². The molecular formula is C20H21BrN2O. The molecule has 0 amide bonds. The van der Waals surface area contributed by atoms with Crippen molar-refractivity contribution < 1.29 is 4.79 Å². The second-order valence-corrected chi connectivity index (χ2v) is 8.65. The number of nitrogens with one attached hydrogen (secondary N) is 1. The van der Waals surface area contributed by atoms with Gasteiger partial charge in [-0.1, -0.05) is 53.5 Å². The predicted octanol–water partition coefficient (Wildman–Crippen LogP) is 4.85. The van der Waals surface area contributed by atoms with Crippen LogP contribution < -0.4 is 0 Å². The topological polar surface area (TPSA) is 45.8 Å². The van der Waals surface area contributed by atoms with Gasteiger partial charge in [-0.3, -0.25) is 9.89 Å². The lowest BCUT2D eigenvalue weighted by Crippen LogP contribution is -2.32. The van der Waals surface area contributed by atoms with E-state index in [0.29, 0.717) is 12.2 Å². The second kappa shape index (κ2) is 5.41. The Morgan fingerprint density at radius 2 is 2.00 bits per heavy atom. The van der Waals surface area contributed by atoms with Crippen LogP contribution in [0.4, 0.5) is 0 Å². The van der Waals surface area contributed by atoms with E-state index < -0.39 is 0 Å². The van der Waals surface area contributed by atoms with E-state index in [1.54, 1.807) is 0 Å². The van der Waals surface area contributed by atoms with Gasteiger partial charge in [0.25, 0.3) is 0 Å². The number of ketones is 1. The zero-order valence-corrected chi connectivity index (χ0v) is 15.8. The fourth-order valence-electron chi connectivity index (χ4n) is 4.36. The maximum Gasteiger partial charge on any atom is 0.160 e. The number of carbonyl (C=O) groups excluding carboxylic acids is 1. The average Bonchev–Trinajstić information content (AvgIpc) is 2.86. The van der Waals surface area contributed by atoms with E-state index in [1.807, 2.05) is 12.1 Å². The van der Waals surface area contributed by atoms with Crippen LogP contribution in [0.1, 0.15) is 55.1 Å². The van der Waals surface area contributed by atoms with Crippen LogP contribution in [0.2, 0.25) is 0 Å². The van der Waals surface area contributed by atoms with E-state index in [-0.39, 0.29) is 11.3 Å². The first-order chi connectivity index (χ1) is 11.4. The van der Waals surface area contributed by atoms with Crippen molar-refractivity contribution >= 4 is 21.7 Å². The van der Waals surface area contributed by atoms with Gasteiger partial charge < -0.3 is 0 Å². The second-order valence-electron chi connectivity index (χ2n) is 7.80. The average molecular weight is 385 g/mol. The first-order valence-electron chi connectivity index (χ1n) is 8.41. The van der Waals surface area contributed by atoms with E-state index in [0.717, 1.165) is 39.8 Å². The lowest BCUT2D eigenvalue weighted by Gasteiger charge is -2.38. The van der Waals surface area contributed by atoms with Gasteiger partial charge in [0.1, 0.15) is 0 Å². The van der Waals surface area contributed by atoms with Gasteiger partial charge in [-0.2, -0.15) is 5.10 Å². The number of aromatic amines is 1. The number of H-pyrrole nitrogens is 1. The van der Waals surface area contributed by atoms with Crippen LogP contribution in [0, 0.1) is 12.3 Å². The number of nitrogens with zero attached hydrogens (tertiary/aromatic N) is 1. The summed E-state index contributed by atoms with van der Waals surface area (Å²) in [6, 6.07) is 8.23. The number of aryl methyl sites for hydroxylation is 1. The molecule has 0 unspecified atom stereocenters. The van der Waals surface area contributed by atoms with E-state index in [9.17, 15) is 4.79 Å². The Labute approximate surface area is 150 Å². The number of fused-ring (bicyclic) bond motifs is 1. The summed E-state index contributed by atoms with van der Waals surface area (Å²) in [5.41, 5.74) is 6.83.